The number of amides is 1. The Kier molecular flexibility index (Phi) is 3.81. The highest BCUT2D eigenvalue weighted by atomic mass is 35.5. The van der Waals surface area contributed by atoms with Crippen molar-refractivity contribution in [2.75, 3.05) is 5.32 Å². The highest BCUT2D eigenvalue weighted by Gasteiger charge is 2.14. The molecule has 1 aromatic heterocycles. The lowest BCUT2D eigenvalue weighted by Gasteiger charge is -2.11. The molecule has 0 unspecified atom stereocenters. The Hall–Kier alpha value is -1.94. The van der Waals surface area contributed by atoms with Gasteiger partial charge >= 0.3 is 0 Å². The van der Waals surface area contributed by atoms with Crippen LogP contribution >= 0.6 is 11.6 Å². The van der Waals surface area contributed by atoms with Crippen LogP contribution in [0.2, 0.25) is 5.15 Å². The van der Waals surface area contributed by atoms with E-state index in [0.717, 1.165) is 23.4 Å². The molecular weight excluding hydrogens is 267 g/mol. The summed E-state index contributed by atoms with van der Waals surface area (Å²) in [6, 6.07) is 6.73. The van der Waals surface area contributed by atoms with Gasteiger partial charge in [0.1, 0.15) is 11.0 Å². The molecule has 98 valence electrons. The standard InChI is InChI=1S/C14H12ClFN2O/c1-8-4-3-5-9(2)12(8)18-14(19)11-6-10(16)7-17-13(11)15/h3-7H,1-2H3,(H,18,19). The molecule has 0 saturated heterocycles. The zero-order valence-corrected chi connectivity index (χ0v) is 11.3. The van der Waals surface area contributed by atoms with Gasteiger partial charge in [0.05, 0.1) is 11.8 Å². The number of hydrogen-bond acceptors (Lipinski definition) is 2. The van der Waals surface area contributed by atoms with Gasteiger partial charge in [-0.2, -0.15) is 0 Å². The first-order valence-corrected chi connectivity index (χ1v) is 6.05. The molecule has 0 atom stereocenters. The van der Waals surface area contributed by atoms with E-state index in [1.807, 2.05) is 32.0 Å². The monoisotopic (exact) mass is 278 g/mol. The SMILES string of the molecule is Cc1cccc(C)c1NC(=O)c1cc(F)cnc1Cl. The van der Waals surface area contributed by atoms with Gasteiger partial charge in [0.15, 0.2) is 0 Å². The number of nitrogens with zero attached hydrogens (tertiary/aromatic N) is 1. The molecule has 5 heteroatoms. The van der Waals surface area contributed by atoms with Crippen molar-refractivity contribution in [3.8, 4) is 0 Å². The number of carbonyl (C=O) groups excluding carboxylic acids is 1. The van der Waals surface area contributed by atoms with Crippen molar-refractivity contribution in [3.63, 3.8) is 0 Å². The van der Waals surface area contributed by atoms with Crippen molar-refractivity contribution in [2.24, 2.45) is 0 Å². The molecular formula is C14H12ClFN2O. The maximum absolute atomic E-state index is 13.1. The maximum atomic E-state index is 13.1. The van der Waals surface area contributed by atoms with Crippen LogP contribution in [0, 0.1) is 19.7 Å². The van der Waals surface area contributed by atoms with E-state index in [9.17, 15) is 9.18 Å². The fourth-order valence-electron chi connectivity index (χ4n) is 1.77. The lowest BCUT2D eigenvalue weighted by molar-refractivity contribution is 0.102. The Morgan fingerprint density at radius 1 is 1.32 bits per heavy atom. The normalized spacial score (nSPS) is 10.3. The molecule has 1 heterocycles. The third-order valence-corrected chi connectivity index (χ3v) is 3.07. The van der Waals surface area contributed by atoms with E-state index in [1.165, 1.54) is 0 Å². The Morgan fingerprint density at radius 3 is 2.58 bits per heavy atom. The molecule has 3 nitrogen and oxygen atoms in total. The third kappa shape index (κ3) is 2.90. The largest absolute Gasteiger partial charge is 0.321 e. The lowest BCUT2D eigenvalue weighted by Crippen LogP contribution is -2.15. The van der Waals surface area contributed by atoms with E-state index in [4.69, 9.17) is 11.6 Å². The third-order valence-electron chi connectivity index (χ3n) is 2.77. The van der Waals surface area contributed by atoms with Crippen molar-refractivity contribution in [1.82, 2.24) is 4.98 Å². The molecule has 0 aliphatic carbocycles. The molecule has 1 amide bonds. The Balaban J connectivity index is 2.34. The maximum Gasteiger partial charge on any atom is 0.258 e. The average molecular weight is 279 g/mol. The van der Waals surface area contributed by atoms with E-state index in [0.29, 0.717) is 5.69 Å². The molecule has 0 aliphatic heterocycles. The molecule has 19 heavy (non-hydrogen) atoms. The van der Waals surface area contributed by atoms with Crippen molar-refractivity contribution < 1.29 is 9.18 Å². The first kappa shape index (κ1) is 13.5. The van der Waals surface area contributed by atoms with Crippen LogP contribution in [0.15, 0.2) is 30.5 Å². The number of benzene rings is 1. The number of carbonyl (C=O) groups is 1. The summed E-state index contributed by atoms with van der Waals surface area (Å²) in [7, 11) is 0. The van der Waals surface area contributed by atoms with E-state index in [2.05, 4.69) is 10.3 Å². The smallest absolute Gasteiger partial charge is 0.258 e. The average Bonchev–Trinajstić information content (AvgIpc) is 2.37. The first-order chi connectivity index (χ1) is 8.99. The van der Waals surface area contributed by atoms with Gasteiger partial charge < -0.3 is 5.32 Å². The van der Waals surface area contributed by atoms with Gasteiger partial charge in [0.25, 0.3) is 5.91 Å². The highest BCUT2D eigenvalue weighted by Crippen LogP contribution is 2.22. The number of aryl methyl sites for hydroxylation is 2. The summed E-state index contributed by atoms with van der Waals surface area (Å²) in [5.74, 6) is -1.08. The van der Waals surface area contributed by atoms with Crippen LogP contribution in [-0.2, 0) is 0 Å². The first-order valence-electron chi connectivity index (χ1n) is 5.67. The number of anilines is 1. The van der Waals surface area contributed by atoms with Gasteiger partial charge in [-0.15, -0.1) is 0 Å². The number of aromatic nitrogens is 1. The fourth-order valence-corrected chi connectivity index (χ4v) is 1.96. The summed E-state index contributed by atoms with van der Waals surface area (Å²) in [6.45, 7) is 3.77. The predicted octanol–water partition coefficient (Wildman–Crippen LogP) is 3.74. The molecule has 2 rings (SSSR count). The second-order valence-electron chi connectivity index (χ2n) is 4.21. The molecule has 1 aromatic carbocycles. The van der Waals surface area contributed by atoms with Crippen LogP contribution in [0.25, 0.3) is 0 Å². The second-order valence-corrected chi connectivity index (χ2v) is 4.57. The summed E-state index contributed by atoms with van der Waals surface area (Å²) >= 11 is 5.80. The minimum absolute atomic E-state index is 0.0179. The van der Waals surface area contributed by atoms with E-state index in [1.54, 1.807) is 0 Å². The second kappa shape index (κ2) is 5.36. The van der Waals surface area contributed by atoms with Crippen LogP contribution in [0.3, 0.4) is 0 Å². The van der Waals surface area contributed by atoms with E-state index < -0.39 is 11.7 Å². The molecule has 0 bridgehead atoms. The zero-order valence-electron chi connectivity index (χ0n) is 10.5. The lowest BCUT2D eigenvalue weighted by atomic mass is 10.1. The van der Waals surface area contributed by atoms with Crippen LogP contribution < -0.4 is 5.32 Å². The molecule has 2 aromatic rings. The summed E-state index contributed by atoms with van der Waals surface area (Å²) < 4.78 is 13.1. The number of hydrogen-bond donors (Lipinski definition) is 1. The number of para-hydroxylation sites is 1. The van der Waals surface area contributed by atoms with E-state index in [-0.39, 0.29) is 10.7 Å². The summed E-state index contributed by atoms with van der Waals surface area (Å²) in [4.78, 5) is 15.7. The minimum Gasteiger partial charge on any atom is -0.321 e. The van der Waals surface area contributed by atoms with Gasteiger partial charge in [-0.05, 0) is 31.0 Å². The Morgan fingerprint density at radius 2 is 1.95 bits per heavy atom. The quantitative estimate of drug-likeness (QED) is 0.850. The Bertz CT molecular complexity index is 623. The van der Waals surface area contributed by atoms with Crippen molar-refractivity contribution >= 4 is 23.2 Å². The number of rotatable bonds is 2. The topological polar surface area (TPSA) is 42.0 Å². The van der Waals surface area contributed by atoms with Crippen molar-refractivity contribution in [1.29, 1.82) is 0 Å². The minimum atomic E-state index is -0.601. The summed E-state index contributed by atoms with van der Waals surface area (Å²) in [5, 5.41) is 2.71. The van der Waals surface area contributed by atoms with Crippen LogP contribution in [-0.4, -0.2) is 10.9 Å². The predicted molar refractivity (Wildman–Crippen MR) is 73.1 cm³/mol. The zero-order chi connectivity index (χ0) is 14.0. The summed E-state index contributed by atoms with van der Waals surface area (Å²) in [6.07, 6.45) is 0.970. The molecule has 1 N–H and O–H groups in total. The molecule has 0 aliphatic rings. The number of halogens is 2. The van der Waals surface area contributed by atoms with Gasteiger partial charge in [-0.3, -0.25) is 4.79 Å². The fraction of sp³-hybridized carbons (Fsp3) is 0.143. The Labute approximate surface area is 115 Å². The van der Waals surface area contributed by atoms with Gasteiger partial charge in [-0.1, -0.05) is 29.8 Å². The van der Waals surface area contributed by atoms with Crippen LogP contribution in [0.4, 0.5) is 10.1 Å². The highest BCUT2D eigenvalue weighted by molar-refractivity contribution is 6.33. The molecule has 0 radical (unpaired) electrons. The van der Waals surface area contributed by atoms with Gasteiger partial charge in [0, 0.05) is 5.69 Å². The molecule has 0 spiro atoms. The van der Waals surface area contributed by atoms with Crippen LogP contribution in [0.5, 0.6) is 0 Å². The van der Waals surface area contributed by atoms with Crippen LogP contribution in [0.1, 0.15) is 21.5 Å². The molecule has 0 fully saturated rings. The number of nitrogens with one attached hydrogen (secondary N) is 1. The molecule has 0 saturated carbocycles. The number of pyridine rings is 1. The van der Waals surface area contributed by atoms with Crippen molar-refractivity contribution in [2.45, 2.75) is 13.8 Å². The van der Waals surface area contributed by atoms with Gasteiger partial charge in [-0.25, -0.2) is 9.37 Å². The van der Waals surface area contributed by atoms with E-state index >= 15 is 0 Å². The van der Waals surface area contributed by atoms with Gasteiger partial charge in [0.2, 0.25) is 0 Å². The summed E-state index contributed by atoms with van der Waals surface area (Å²) in [5.41, 5.74) is 2.57. The van der Waals surface area contributed by atoms with Crippen molar-refractivity contribution in [3.05, 3.63) is 58.1 Å².